The minimum Gasteiger partial charge on any atom is -1.00 e. The van der Waals surface area contributed by atoms with Crippen molar-refractivity contribution in [1.82, 2.24) is 14.1 Å². The van der Waals surface area contributed by atoms with Gasteiger partial charge in [0, 0.05) is 43.2 Å². The van der Waals surface area contributed by atoms with Gasteiger partial charge in [0.1, 0.15) is 11.9 Å². The molecule has 0 spiro atoms. The van der Waals surface area contributed by atoms with Crippen molar-refractivity contribution in [1.29, 1.82) is 0 Å². The van der Waals surface area contributed by atoms with Crippen molar-refractivity contribution in [3.05, 3.63) is 96.1 Å². The Kier molecular flexibility index (Phi) is 6.50. The van der Waals surface area contributed by atoms with Crippen LogP contribution in [-0.2, 0) is 28.6 Å². The molecule has 0 radical (unpaired) electrons. The molecule has 4 nitrogen and oxygen atoms in total. The summed E-state index contributed by atoms with van der Waals surface area (Å²) < 4.78 is 47.3. The van der Waals surface area contributed by atoms with E-state index in [2.05, 4.69) is 101 Å². The van der Waals surface area contributed by atoms with Crippen LogP contribution in [0.5, 0.6) is 0 Å². The highest BCUT2D eigenvalue weighted by molar-refractivity contribution is 14.1. The second-order valence-electron chi connectivity index (χ2n) is 12.1. The number of aromatic nitrogens is 4. The van der Waals surface area contributed by atoms with Crippen LogP contribution in [0.2, 0.25) is 0 Å². The summed E-state index contributed by atoms with van der Waals surface area (Å²) in [5.41, 5.74) is 7.25. The van der Waals surface area contributed by atoms with Crippen LogP contribution in [0.15, 0.2) is 73.6 Å². The summed E-state index contributed by atoms with van der Waals surface area (Å²) in [6.45, 7) is 15.9. The molecule has 2 aliphatic rings. The fourth-order valence-electron chi connectivity index (χ4n) is 5.76. The minimum atomic E-state index is -2.15. The fraction of sp³-hybridized carbons (Fsp3) is 0.438. The number of para-hydroxylation sites is 2. The molecule has 204 valence electrons. The monoisotopic (exact) mass is 742 g/mol. The van der Waals surface area contributed by atoms with E-state index in [0.717, 1.165) is 11.4 Å². The lowest BCUT2D eigenvalue weighted by Gasteiger charge is -2.47. The zero-order valence-electron chi connectivity index (χ0n) is 29.5. The normalized spacial score (nSPS) is 21.0. The largest absolute Gasteiger partial charge is 1.00 e. The standard InChI is InChI=1S/C16H21N2.C15H18N2.CH3I.HI/c1-15(2)12-8-6-7-9-13(12)18-11-17(5)10-14(18)16(15,3)4;1-14(2)11-7-5-6-8-12(11)17-10-16-9-13(17)15(14,3)4;1-2;/h6-11H,1-5H3;5-10H,1-4H3;1H3;1H/q+1;;;/p-1/i5D3;;1D3;. The molecule has 0 saturated carbocycles. The van der Waals surface area contributed by atoms with Gasteiger partial charge in [0.2, 0.25) is 6.33 Å². The molecular weight excluding hydrogens is 694 g/mol. The summed E-state index contributed by atoms with van der Waals surface area (Å²) >= 11 is 1.38. The van der Waals surface area contributed by atoms with Gasteiger partial charge in [0.05, 0.1) is 23.1 Å². The molecule has 0 atom stereocenters. The predicted octanol–water partition coefficient (Wildman–Crippen LogP) is 4.37. The first-order valence-electron chi connectivity index (χ1n) is 15.6. The van der Waals surface area contributed by atoms with Crippen LogP contribution in [0.1, 0.15) is 86.1 Å². The number of imidazole rings is 2. The third-order valence-electron chi connectivity index (χ3n) is 9.48. The molecule has 0 unspecified atom stereocenters. The van der Waals surface area contributed by atoms with Crippen LogP contribution < -0.4 is 28.5 Å². The molecule has 0 aliphatic carbocycles. The van der Waals surface area contributed by atoms with Crippen LogP contribution in [0, 0.1) is 0 Å². The third-order valence-corrected chi connectivity index (χ3v) is 9.48. The van der Waals surface area contributed by atoms with E-state index in [1.807, 2.05) is 29.2 Å². The SMILES string of the molecule is CC1(C)c2ccccc2-n2cncc2C1(C)C.[2H]C([2H])([2H])I.[2H]C([2H])([2H])[n+]1cc2n(c1)-c1ccccc1C(C)(C)C2(C)C.[I-]. The summed E-state index contributed by atoms with van der Waals surface area (Å²) in [6, 6.07) is 16.9. The maximum atomic E-state index is 7.65. The summed E-state index contributed by atoms with van der Waals surface area (Å²) in [5.74, 6) is 0. The highest BCUT2D eigenvalue weighted by Crippen LogP contribution is 2.50. The Balaban J connectivity index is 0.000000208. The predicted molar refractivity (Wildman–Crippen MR) is 163 cm³/mol. The second kappa shape index (κ2) is 10.7. The number of fused-ring (bicyclic) bond motifs is 6. The van der Waals surface area contributed by atoms with Crippen molar-refractivity contribution in [2.75, 3.05) is 4.86 Å². The van der Waals surface area contributed by atoms with Crippen LogP contribution in [0.3, 0.4) is 0 Å². The molecule has 4 heterocycles. The highest BCUT2D eigenvalue weighted by Gasteiger charge is 2.50. The quantitative estimate of drug-likeness (QED) is 0.150. The Bertz CT molecular complexity index is 1620. The maximum Gasteiger partial charge on any atom is 0.249 e. The number of hydrogen-bond donors (Lipinski definition) is 0. The molecule has 0 fully saturated rings. The first kappa shape index (κ1) is 23.1. The molecule has 38 heavy (non-hydrogen) atoms. The molecule has 2 aliphatic heterocycles. The molecule has 6 heteroatoms. The highest BCUT2D eigenvalue weighted by atomic mass is 127. The van der Waals surface area contributed by atoms with E-state index in [4.69, 9.17) is 8.22 Å². The summed E-state index contributed by atoms with van der Waals surface area (Å²) in [5, 5.41) is 0. The van der Waals surface area contributed by atoms with Gasteiger partial charge in [-0.3, -0.25) is 0 Å². The van der Waals surface area contributed by atoms with E-state index < -0.39 is 11.8 Å². The average molecular weight is 743 g/mol. The van der Waals surface area contributed by atoms with E-state index in [0.29, 0.717) is 0 Å². The van der Waals surface area contributed by atoms with Crippen molar-refractivity contribution < 1.29 is 36.8 Å². The van der Waals surface area contributed by atoms with Crippen molar-refractivity contribution in [3.63, 3.8) is 0 Å². The molecule has 0 bridgehead atoms. The lowest BCUT2D eigenvalue weighted by molar-refractivity contribution is -0.670. The smallest absolute Gasteiger partial charge is 0.249 e. The number of alkyl halides is 1. The van der Waals surface area contributed by atoms with Gasteiger partial charge in [-0.2, -0.15) is 4.57 Å². The third kappa shape index (κ3) is 4.47. The van der Waals surface area contributed by atoms with Gasteiger partial charge in [0.15, 0.2) is 5.69 Å². The molecule has 0 N–H and O–H groups in total. The van der Waals surface area contributed by atoms with Crippen LogP contribution in [0.25, 0.3) is 11.4 Å². The van der Waals surface area contributed by atoms with E-state index in [1.54, 1.807) is 12.5 Å². The number of halogens is 2. The van der Waals surface area contributed by atoms with E-state index >= 15 is 0 Å². The van der Waals surface area contributed by atoms with Gasteiger partial charge in [-0.25, -0.2) is 9.55 Å². The summed E-state index contributed by atoms with van der Waals surface area (Å²) in [6.07, 6.45) is 7.38. The topological polar surface area (TPSA) is 26.6 Å². The minimum absolute atomic E-state index is 0. The zero-order valence-corrected chi connectivity index (χ0v) is 27.8. The van der Waals surface area contributed by atoms with Crippen LogP contribution >= 0.6 is 22.6 Å². The number of nitrogens with zero attached hydrogens (tertiary/aromatic N) is 4. The van der Waals surface area contributed by atoms with Crippen LogP contribution in [-0.4, -0.2) is 19.0 Å². The Morgan fingerprint density at radius 3 is 1.74 bits per heavy atom. The Morgan fingerprint density at radius 1 is 0.737 bits per heavy atom. The van der Waals surface area contributed by atoms with Gasteiger partial charge in [0.25, 0.3) is 0 Å². The van der Waals surface area contributed by atoms with Gasteiger partial charge in [-0.05, 0) is 22.6 Å². The molecule has 4 aromatic rings. The Labute approximate surface area is 268 Å². The first-order valence-corrected chi connectivity index (χ1v) is 13.7. The second-order valence-corrected chi connectivity index (χ2v) is 12.1. The number of aryl methyl sites for hydroxylation is 1. The summed E-state index contributed by atoms with van der Waals surface area (Å²) in [4.78, 5) is 2.55. The van der Waals surface area contributed by atoms with Gasteiger partial charge in [-0.15, -0.1) is 0 Å². The number of benzene rings is 2. The lowest BCUT2D eigenvalue weighted by Crippen LogP contribution is -3.00. The molecule has 0 amide bonds. The lowest BCUT2D eigenvalue weighted by atomic mass is 9.60. The Hall–Kier alpha value is -1.68. The molecule has 2 aromatic heterocycles. The van der Waals surface area contributed by atoms with Gasteiger partial charge in [-0.1, -0.05) is 114 Å². The Morgan fingerprint density at radius 2 is 1.21 bits per heavy atom. The van der Waals surface area contributed by atoms with E-state index in [-0.39, 0.29) is 45.6 Å². The zero-order chi connectivity index (χ0) is 32.4. The van der Waals surface area contributed by atoms with E-state index in [1.165, 1.54) is 49.7 Å². The van der Waals surface area contributed by atoms with Gasteiger partial charge >= 0.3 is 0 Å². The fourth-order valence-corrected chi connectivity index (χ4v) is 5.76. The van der Waals surface area contributed by atoms with E-state index in [9.17, 15) is 0 Å². The summed E-state index contributed by atoms with van der Waals surface area (Å²) in [7, 11) is 0. The van der Waals surface area contributed by atoms with Gasteiger partial charge < -0.3 is 28.5 Å². The maximum absolute atomic E-state index is 7.65. The van der Waals surface area contributed by atoms with Crippen molar-refractivity contribution >= 4 is 22.6 Å². The number of rotatable bonds is 0. The van der Waals surface area contributed by atoms with Crippen LogP contribution in [0.4, 0.5) is 0 Å². The number of hydrogen-bond acceptors (Lipinski definition) is 1. The van der Waals surface area contributed by atoms with Crippen molar-refractivity contribution in [3.8, 4) is 11.4 Å². The molecule has 2 aromatic carbocycles. The van der Waals surface area contributed by atoms with Crippen molar-refractivity contribution in [2.24, 2.45) is 6.98 Å². The molecular formula is C32H42I2N4. The molecule has 0 saturated heterocycles. The average Bonchev–Trinajstić information content (AvgIpc) is 3.56. The molecule has 6 rings (SSSR count). The van der Waals surface area contributed by atoms with Crippen molar-refractivity contribution in [2.45, 2.75) is 77.0 Å². The first-order chi connectivity index (χ1) is 19.5.